The lowest BCUT2D eigenvalue weighted by atomic mass is 10.1. The standard InChI is InChI=1S/C26H22N6O3S2/c1-17(23-10-7-15-36-23)28-30-22(19-11-13-21(14-12-19)32(34)35)16-37-26(30)27-24-18(2)29(3)31(25(24)33)20-8-5-4-6-9-20/h4-16H,1-3H3. The van der Waals surface area contributed by atoms with E-state index in [0.29, 0.717) is 21.9 Å². The molecule has 11 heteroatoms. The molecule has 0 saturated carbocycles. The van der Waals surface area contributed by atoms with Crippen molar-refractivity contribution in [3.05, 3.63) is 113 Å². The van der Waals surface area contributed by atoms with Crippen LogP contribution in [0.4, 0.5) is 11.4 Å². The zero-order valence-corrected chi connectivity index (χ0v) is 21.9. The van der Waals surface area contributed by atoms with Crippen LogP contribution in [0.3, 0.4) is 0 Å². The third kappa shape index (κ3) is 4.61. The van der Waals surface area contributed by atoms with Crippen molar-refractivity contribution in [3.63, 3.8) is 0 Å². The second-order valence-electron chi connectivity index (χ2n) is 8.20. The molecule has 0 spiro atoms. The number of aromatic nitrogens is 3. The molecule has 5 aromatic rings. The van der Waals surface area contributed by atoms with E-state index in [-0.39, 0.29) is 11.2 Å². The Labute approximate surface area is 219 Å². The molecule has 0 fully saturated rings. The largest absolute Gasteiger partial charge is 0.297 e. The molecule has 5 rings (SSSR count). The third-order valence-corrected chi connectivity index (χ3v) is 7.71. The first kappa shape index (κ1) is 24.3. The molecule has 0 bridgehead atoms. The highest BCUT2D eigenvalue weighted by Crippen LogP contribution is 2.24. The van der Waals surface area contributed by atoms with Crippen molar-refractivity contribution in [1.29, 1.82) is 0 Å². The summed E-state index contributed by atoms with van der Waals surface area (Å²) in [5, 5.41) is 19.8. The molecule has 3 aromatic heterocycles. The maximum atomic E-state index is 13.5. The number of nitro groups is 1. The van der Waals surface area contributed by atoms with Gasteiger partial charge in [-0.1, -0.05) is 24.3 Å². The zero-order valence-electron chi connectivity index (χ0n) is 20.2. The highest BCUT2D eigenvalue weighted by atomic mass is 32.1. The van der Waals surface area contributed by atoms with Crippen LogP contribution >= 0.6 is 22.7 Å². The van der Waals surface area contributed by atoms with Crippen LogP contribution in [0.15, 0.2) is 92.4 Å². The topological polar surface area (TPSA) is 99.7 Å². The molecular weight excluding hydrogens is 508 g/mol. The number of rotatable bonds is 6. The van der Waals surface area contributed by atoms with Gasteiger partial charge in [0, 0.05) is 30.1 Å². The number of hydrogen-bond donors (Lipinski definition) is 0. The SMILES string of the molecule is CC(=Nn1c(-c2ccc([N+](=O)[O-])cc2)csc1=Nc1c(C)n(C)n(-c2ccccc2)c1=O)c1cccs1. The number of benzene rings is 2. The van der Waals surface area contributed by atoms with Gasteiger partial charge in [-0.25, -0.2) is 14.4 Å². The van der Waals surface area contributed by atoms with E-state index in [4.69, 9.17) is 10.1 Å². The normalized spacial score (nSPS) is 12.3. The van der Waals surface area contributed by atoms with Crippen LogP contribution in [0.1, 0.15) is 17.5 Å². The summed E-state index contributed by atoms with van der Waals surface area (Å²) in [4.78, 5) is 30.5. The van der Waals surface area contributed by atoms with Gasteiger partial charge in [0.25, 0.3) is 11.2 Å². The lowest BCUT2D eigenvalue weighted by molar-refractivity contribution is -0.384. The van der Waals surface area contributed by atoms with Gasteiger partial charge in [-0.15, -0.1) is 22.7 Å². The molecule has 2 aromatic carbocycles. The summed E-state index contributed by atoms with van der Waals surface area (Å²) in [7, 11) is 1.83. The highest BCUT2D eigenvalue weighted by molar-refractivity contribution is 7.12. The predicted octanol–water partition coefficient (Wildman–Crippen LogP) is 5.49. The molecule has 0 aliphatic carbocycles. The van der Waals surface area contributed by atoms with Gasteiger partial charge in [-0.05, 0) is 49.6 Å². The maximum Gasteiger partial charge on any atom is 0.297 e. The summed E-state index contributed by atoms with van der Waals surface area (Å²) in [5.74, 6) is 0. The van der Waals surface area contributed by atoms with Crippen molar-refractivity contribution in [2.45, 2.75) is 13.8 Å². The number of non-ortho nitro benzene ring substituents is 1. The first-order valence-corrected chi connectivity index (χ1v) is 13.0. The van der Waals surface area contributed by atoms with E-state index in [1.165, 1.54) is 23.5 Å². The van der Waals surface area contributed by atoms with E-state index in [1.807, 2.05) is 74.1 Å². The Morgan fingerprint density at radius 1 is 1.00 bits per heavy atom. The first-order chi connectivity index (χ1) is 17.8. The third-order valence-electron chi connectivity index (χ3n) is 5.92. The van der Waals surface area contributed by atoms with Crippen molar-refractivity contribution < 1.29 is 4.92 Å². The summed E-state index contributed by atoms with van der Waals surface area (Å²) in [6, 6.07) is 19.6. The van der Waals surface area contributed by atoms with Crippen molar-refractivity contribution in [3.8, 4) is 16.9 Å². The fraction of sp³-hybridized carbons (Fsp3) is 0.115. The molecule has 0 aliphatic rings. The average molecular weight is 531 g/mol. The van der Waals surface area contributed by atoms with Crippen LogP contribution in [-0.2, 0) is 7.05 Å². The monoisotopic (exact) mass is 530 g/mol. The van der Waals surface area contributed by atoms with Gasteiger partial charge >= 0.3 is 0 Å². The van der Waals surface area contributed by atoms with Gasteiger partial charge in [0.2, 0.25) is 4.80 Å². The Kier molecular flexibility index (Phi) is 6.55. The van der Waals surface area contributed by atoms with Gasteiger partial charge in [0.15, 0.2) is 5.69 Å². The Morgan fingerprint density at radius 3 is 2.38 bits per heavy atom. The second-order valence-corrected chi connectivity index (χ2v) is 9.99. The number of para-hydroxylation sites is 1. The van der Waals surface area contributed by atoms with Crippen LogP contribution in [0.25, 0.3) is 16.9 Å². The molecule has 0 unspecified atom stereocenters. The Hall–Kier alpha value is -4.35. The molecule has 0 radical (unpaired) electrons. The van der Waals surface area contributed by atoms with Crippen molar-refractivity contribution >= 4 is 39.8 Å². The second kappa shape index (κ2) is 9.96. The van der Waals surface area contributed by atoms with Crippen LogP contribution in [-0.4, -0.2) is 24.7 Å². The molecule has 0 N–H and O–H groups in total. The van der Waals surface area contributed by atoms with Crippen LogP contribution < -0.4 is 10.4 Å². The lowest BCUT2D eigenvalue weighted by Gasteiger charge is -2.07. The number of hydrogen-bond acceptors (Lipinski definition) is 7. The predicted molar refractivity (Wildman–Crippen MR) is 147 cm³/mol. The number of nitrogens with zero attached hydrogens (tertiary/aromatic N) is 6. The fourth-order valence-corrected chi connectivity index (χ4v) is 5.40. The lowest BCUT2D eigenvalue weighted by Crippen LogP contribution is -2.20. The zero-order chi connectivity index (χ0) is 26.1. The summed E-state index contributed by atoms with van der Waals surface area (Å²) in [6.45, 7) is 3.77. The molecule has 3 heterocycles. The number of thiophene rings is 1. The quantitative estimate of drug-likeness (QED) is 0.165. The van der Waals surface area contributed by atoms with Gasteiger partial charge in [0.1, 0.15) is 0 Å². The summed E-state index contributed by atoms with van der Waals surface area (Å²) in [5.41, 5.74) is 3.80. The Morgan fingerprint density at radius 2 is 1.73 bits per heavy atom. The fourth-order valence-electron chi connectivity index (χ4n) is 3.89. The van der Waals surface area contributed by atoms with E-state index in [9.17, 15) is 14.9 Å². The molecule has 0 amide bonds. The minimum absolute atomic E-state index is 0.00933. The number of nitro benzene ring substituents is 1. The van der Waals surface area contributed by atoms with E-state index in [0.717, 1.165) is 21.8 Å². The summed E-state index contributed by atoms with van der Waals surface area (Å²) in [6.07, 6.45) is 0. The van der Waals surface area contributed by atoms with Gasteiger partial charge in [0.05, 0.1) is 32.6 Å². The molecule has 0 aliphatic heterocycles. The summed E-state index contributed by atoms with van der Waals surface area (Å²) >= 11 is 2.92. The molecule has 0 saturated heterocycles. The molecule has 9 nitrogen and oxygen atoms in total. The van der Waals surface area contributed by atoms with Crippen molar-refractivity contribution in [2.24, 2.45) is 17.1 Å². The van der Waals surface area contributed by atoms with Crippen molar-refractivity contribution in [2.75, 3.05) is 0 Å². The van der Waals surface area contributed by atoms with Crippen LogP contribution in [0, 0.1) is 17.0 Å². The molecule has 37 heavy (non-hydrogen) atoms. The summed E-state index contributed by atoms with van der Waals surface area (Å²) < 4.78 is 5.06. The maximum absolute atomic E-state index is 13.5. The molecular formula is C26H22N6O3S2. The Balaban J connectivity index is 1.71. The minimum atomic E-state index is -0.429. The average Bonchev–Trinajstić information content (AvgIpc) is 3.62. The smallest absolute Gasteiger partial charge is 0.283 e. The van der Waals surface area contributed by atoms with E-state index in [1.54, 1.807) is 37.5 Å². The van der Waals surface area contributed by atoms with E-state index >= 15 is 0 Å². The van der Waals surface area contributed by atoms with Gasteiger partial charge in [-0.3, -0.25) is 19.6 Å². The van der Waals surface area contributed by atoms with E-state index < -0.39 is 4.92 Å². The molecule has 186 valence electrons. The minimum Gasteiger partial charge on any atom is -0.283 e. The van der Waals surface area contributed by atoms with Crippen molar-refractivity contribution in [1.82, 2.24) is 14.0 Å². The van der Waals surface area contributed by atoms with Crippen LogP contribution in [0.5, 0.6) is 0 Å². The number of thiazole rings is 1. The Bertz CT molecular complexity index is 1740. The highest BCUT2D eigenvalue weighted by Gasteiger charge is 2.17. The van der Waals surface area contributed by atoms with Crippen LogP contribution in [0.2, 0.25) is 0 Å². The van der Waals surface area contributed by atoms with Gasteiger partial charge < -0.3 is 0 Å². The van der Waals surface area contributed by atoms with Gasteiger partial charge in [-0.2, -0.15) is 5.10 Å². The van der Waals surface area contributed by atoms with E-state index in [2.05, 4.69) is 0 Å². The first-order valence-electron chi connectivity index (χ1n) is 11.3. The molecule has 0 atom stereocenters.